The molecule has 0 saturated heterocycles. The second kappa shape index (κ2) is 6.89. The van der Waals surface area contributed by atoms with Gasteiger partial charge in [-0.25, -0.2) is 0 Å². The van der Waals surface area contributed by atoms with Crippen LogP contribution in [0.1, 0.15) is 39.5 Å². The third kappa shape index (κ3) is 4.88. The SMILES string of the molecule is CCCC(CC)CC(N)C(=O)OC. The summed E-state index contributed by atoms with van der Waals surface area (Å²) in [5.74, 6) is 0.258. The van der Waals surface area contributed by atoms with Crippen LogP contribution >= 0.6 is 0 Å². The molecule has 2 unspecified atom stereocenters. The molecule has 2 N–H and O–H groups in total. The molecular formula is C10H21NO2. The van der Waals surface area contributed by atoms with Crippen molar-refractivity contribution in [2.75, 3.05) is 7.11 Å². The van der Waals surface area contributed by atoms with Gasteiger partial charge in [-0.15, -0.1) is 0 Å². The van der Waals surface area contributed by atoms with Crippen LogP contribution in [0.2, 0.25) is 0 Å². The third-order valence-electron chi connectivity index (χ3n) is 2.37. The Hall–Kier alpha value is -0.570. The average molecular weight is 187 g/mol. The smallest absolute Gasteiger partial charge is 0.322 e. The van der Waals surface area contributed by atoms with Crippen LogP contribution in [-0.2, 0) is 9.53 Å². The Morgan fingerprint density at radius 3 is 2.46 bits per heavy atom. The van der Waals surface area contributed by atoms with E-state index in [1.807, 2.05) is 0 Å². The van der Waals surface area contributed by atoms with E-state index in [9.17, 15) is 4.79 Å². The van der Waals surface area contributed by atoms with E-state index in [0.29, 0.717) is 5.92 Å². The van der Waals surface area contributed by atoms with E-state index >= 15 is 0 Å². The van der Waals surface area contributed by atoms with Crippen LogP contribution in [0.3, 0.4) is 0 Å². The minimum Gasteiger partial charge on any atom is -0.468 e. The van der Waals surface area contributed by atoms with Gasteiger partial charge in [0.2, 0.25) is 0 Å². The lowest BCUT2D eigenvalue weighted by atomic mass is 9.93. The van der Waals surface area contributed by atoms with Crippen molar-refractivity contribution in [3.63, 3.8) is 0 Å². The van der Waals surface area contributed by atoms with Gasteiger partial charge in [0.05, 0.1) is 7.11 Å². The molecule has 0 aliphatic rings. The molecule has 0 radical (unpaired) electrons. The molecule has 0 saturated carbocycles. The molecule has 0 aliphatic carbocycles. The van der Waals surface area contributed by atoms with E-state index in [0.717, 1.165) is 25.7 Å². The number of esters is 1. The first-order chi connectivity index (χ1) is 6.15. The highest BCUT2D eigenvalue weighted by molar-refractivity contribution is 5.75. The lowest BCUT2D eigenvalue weighted by Gasteiger charge is -2.17. The van der Waals surface area contributed by atoms with Gasteiger partial charge in [-0.05, 0) is 12.3 Å². The Morgan fingerprint density at radius 2 is 2.08 bits per heavy atom. The number of ether oxygens (including phenoxy) is 1. The molecule has 0 aliphatic heterocycles. The van der Waals surface area contributed by atoms with Gasteiger partial charge in [-0.2, -0.15) is 0 Å². The second-order valence-electron chi connectivity index (χ2n) is 3.43. The zero-order valence-corrected chi connectivity index (χ0v) is 8.88. The molecule has 78 valence electrons. The van der Waals surface area contributed by atoms with Crippen LogP contribution in [0.5, 0.6) is 0 Å². The Kier molecular flexibility index (Phi) is 6.59. The van der Waals surface area contributed by atoms with Crippen molar-refractivity contribution in [1.82, 2.24) is 0 Å². The molecule has 13 heavy (non-hydrogen) atoms. The molecule has 0 amide bonds. The maximum atomic E-state index is 11.0. The number of hydrogen-bond donors (Lipinski definition) is 1. The fourth-order valence-corrected chi connectivity index (χ4v) is 1.50. The summed E-state index contributed by atoms with van der Waals surface area (Å²) < 4.78 is 4.57. The highest BCUT2D eigenvalue weighted by Gasteiger charge is 2.17. The molecule has 3 heteroatoms. The maximum Gasteiger partial charge on any atom is 0.322 e. The summed E-state index contributed by atoms with van der Waals surface area (Å²) in [6, 6.07) is -0.443. The number of methoxy groups -OCH3 is 1. The molecule has 0 aromatic carbocycles. The van der Waals surface area contributed by atoms with Gasteiger partial charge in [-0.3, -0.25) is 4.79 Å². The summed E-state index contributed by atoms with van der Waals surface area (Å²) in [6.45, 7) is 4.27. The second-order valence-corrected chi connectivity index (χ2v) is 3.43. The molecule has 0 rings (SSSR count). The Morgan fingerprint density at radius 1 is 1.46 bits per heavy atom. The molecule has 3 nitrogen and oxygen atoms in total. The maximum absolute atomic E-state index is 11.0. The first-order valence-electron chi connectivity index (χ1n) is 4.99. The fourth-order valence-electron chi connectivity index (χ4n) is 1.50. The number of hydrogen-bond acceptors (Lipinski definition) is 3. The van der Waals surface area contributed by atoms with E-state index in [1.54, 1.807) is 0 Å². The van der Waals surface area contributed by atoms with Crippen LogP contribution in [-0.4, -0.2) is 19.1 Å². The predicted octanol–water partition coefficient (Wildman–Crippen LogP) is 1.70. The highest BCUT2D eigenvalue weighted by Crippen LogP contribution is 2.16. The number of rotatable bonds is 6. The van der Waals surface area contributed by atoms with Gasteiger partial charge >= 0.3 is 5.97 Å². The van der Waals surface area contributed by atoms with Crippen LogP contribution in [0.4, 0.5) is 0 Å². The third-order valence-corrected chi connectivity index (χ3v) is 2.37. The summed E-state index contributed by atoms with van der Waals surface area (Å²) in [5.41, 5.74) is 5.66. The Bertz CT molecular complexity index is 148. The lowest BCUT2D eigenvalue weighted by molar-refractivity contribution is -0.142. The van der Waals surface area contributed by atoms with Gasteiger partial charge in [0, 0.05) is 0 Å². The fraction of sp³-hybridized carbons (Fsp3) is 0.900. The minimum absolute atomic E-state index is 0.297. The monoisotopic (exact) mass is 187 g/mol. The van der Waals surface area contributed by atoms with Gasteiger partial charge in [0.1, 0.15) is 6.04 Å². The molecule has 0 spiro atoms. The number of carbonyl (C=O) groups is 1. The quantitative estimate of drug-likeness (QED) is 0.644. The summed E-state index contributed by atoms with van der Waals surface area (Å²) in [4.78, 5) is 11.0. The van der Waals surface area contributed by atoms with Crippen molar-refractivity contribution < 1.29 is 9.53 Å². The van der Waals surface area contributed by atoms with Gasteiger partial charge in [-0.1, -0.05) is 33.1 Å². The first kappa shape index (κ1) is 12.4. The van der Waals surface area contributed by atoms with E-state index in [1.165, 1.54) is 7.11 Å². The van der Waals surface area contributed by atoms with Crippen molar-refractivity contribution in [2.24, 2.45) is 11.7 Å². The normalized spacial score (nSPS) is 15.1. The zero-order chi connectivity index (χ0) is 10.3. The molecule has 0 aromatic heterocycles. The van der Waals surface area contributed by atoms with Gasteiger partial charge in [0.15, 0.2) is 0 Å². The van der Waals surface area contributed by atoms with Crippen LogP contribution < -0.4 is 5.73 Å². The van der Waals surface area contributed by atoms with Crippen molar-refractivity contribution in [3.05, 3.63) is 0 Å². The molecule has 0 heterocycles. The van der Waals surface area contributed by atoms with Crippen molar-refractivity contribution in [2.45, 2.75) is 45.6 Å². The molecule has 0 bridgehead atoms. The van der Waals surface area contributed by atoms with E-state index in [4.69, 9.17) is 5.73 Å². The molecular weight excluding hydrogens is 166 g/mol. The van der Waals surface area contributed by atoms with E-state index in [2.05, 4.69) is 18.6 Å². The van der Waals surface area contributed by atoms with Crippen molar-refractivity contribution >= 4 is 5.97 Å². The van der Waals surface area contributed by atoms with Gasteiger partial charge < -0.3 is 10.5 Å². The molecule has 2 atom stereocenters. The van der Waals surface area contributed by atoms with E-state index in [-0.39, 0.29) is 5.97 Å². The standard InChI is InChI=1S/C10H21NO2/c1-4-6-8(5-2)7-9(11)10(12)13-3/h8-9H,4-7,11H2,1-3H3. The highest BCUT2D eigenvalue weighted by atomic mass is 16.5. The lowest BCUT2D eigenvalue weighted by Crippen LogP contribution is -2.33. The Labute approximate surface area is 80.6 Å². The van der Waals surface area contributed by atoms with Crippen molar-refractivity contribution in [3.8, 4) is 0 Å². The zero-order valence-electron chi connectivity index (χ0n) is 8.88. The summed E-state index contributed by atoms with van der Waals surface area (Å²) in [5, 5.41) is 0. The largest absolute Gasteiger partial charge is 0.468 e. The Balaban J connectivity index is 3.85. The topological polar surface area (TPSA) is 52.3 Å². The summed E-state index contributed by atoms with van der Waals surface area (Å²) >= 11 is 0. The molecule has 0 aromatic rings. The number of nitrogens with two attached hydrogens (primary N) is 1. The first-order valence-corrected chi connectivity index (χ1v) is 4.99. The van der Waals surface area contributed by atoms with Crippen LogP contribution in [0.15, 0.2) is 0 Å². The summed E-state index contributed by atoms with van der Waals surface area (Å²) in [6.07, 6.45) is 4.11. The van der Waals surface area contributed by atoms with E-state index < -0.39 is 6.04 Å². The average Bonchev–Trinajstić information content (AvgIpc) is 2.15. The van der Waals surface area contributed by atoms with Crippen LogP contribution in [0.25, 0.3) is 0 Å². The minimum atomic E-state index is -0.443. The predicted molar refractivity (Wildman–Crippen MR) is 53.3 cm³/mol. The van der Waals surface area contributed by atoms with Crippen molar-refractivity contribution in [1.29, 1.82) is 0 Å². The van der Waals surface area contributed by atoms with Crippen LogP contribution in [0, 0.1) is 5.92 Å². The number of carbonyl (C=O) groups excluding carboxylic acids is 1. The van der Waals surface area contributed by atoms with Gasteiger partial charge in [0.25, 0.3) is 0 Å². The summed E-state index contributed by atoms with van der Waals surface area (Å²) in [7, 11) is 1.38. The molecule has 0 fully saturated rings.